The van der Waals surface area contributed by atoms with Crippen LogP contribution in [0.4, 0.5) is 0 Å². The molecular formula is CoO2Se. The first-order valence-corrected chi connectivity index (χ1v) is 1.73. The molecule has 0 aromatic carbocycles. The summed E-state index contributed by atoms with van der Waals surface area (Å²) in [6, 6.07) is 0. The second-order valence-corrected chi connectivity index (χ2v) is 0.354. The zero-order valence-corrected chi connectivity index (χ0v) is 4.31. The number of hydrogen-bond donors (Lipinski definition) is 0. The van der Waals surface area contributed by atoms with Gasteiger partial charge in [-0.2, -0.15) is 0 Å². The summed E-state index contributed by atoms with van der Waals surface area (Å²) < 4.78 is 16.9. The van der Waals surface area contributed by atoms with E-state index in [1.54, 1.807) is 0 Å². The van der Waals surface area contributed by atoms with Crippen LogP contribution < -0.4 is 0 Å². The SMILES string of the molecule is O=[Se]=O.[Co]. The molecule has 0 unspecified atom stereocenters. The van der Waals surface area contributed by atoms with E-state index in [0.29, 0.717) is 0 Å². The van der Waals surface area contributed by atoms with Crippen molar-refractivity contribution in [1.82, 2.24) is 0 Å². The molecule has 0 saturated heterocycles. The maximum absolute atomic E-state index is 8.44. The van der Waals surface area contributed by atoms with Crippen LogP contribution >= 0.6 is 0 Å². The molecule has 0 N–H and O–H groups in total. The van der Waals surface area contributed by atoms with Crippen molar-refractivity contribution >= 4 is 14.8 Å². The third-order valence-electron chi connectivity index (χ3n) is 0. The fourth-order valence-corrected chi connectivity index (χ4v) is 0. The fraction of sp³-hybridized carbons (Fsp3) is 0. The Kier molecular flexibility index (Phi) is 20.9. The van der Waals surface area contributed by atoms with Crippen molar-refractivity contribution in [2.24, 2.45) is 0 Å². The van der Waals surface area contributed by atoms with Gasteiger partial charge in [-0.1, -0.05) is 0 Å². The van der Waals surface area contributed by atoms with Crippen molar-refractivity contribution < 1.29 is 24.4 Å². The van der Waals surface area contributed by atoms with E-state index >= 15 is 0 Å². The molecule has 4 heteroatoms. The average Bonchev–Trinajstić information content (AvgIpc) is 0.918. The molecular weight excluding hydrogens is 170 g/mol. The van der Waals surface area contributed by atoms with Crippen LogP contribution in [-0.4, -0.2) is 14.8 Å². The Morgan fingerprint density at radius 1 is 1.25 bits per heavy atom. The minimum absolute atomic E-state index is 0. The van der Waals surface area contributed by atoms with E-state index in [-0.39, 0.29) is 16.8 Å². The Bertz CT molecular complexity index is 27.0. The van der Waals surface area contributed by atoms with Crippen LogP contribution in [-0.2, 0) is 24.4 Å². The molecule has 0 amide bonds. The monoisotopic (exact) mass is 171 g/mol. The van der Waals surface area contributed by atoms with E-state index in [2.05, 4.69) is 0 Å². The van der Waals surface area contributed by atoms with E-state index in [1.165, 1.54) is 0 Å². The minimum atomic E-state index is -1.62. The van der Waals surface area contributed by atoms with Gasteiger partial charge in [0.2, 0.25) is 0 Å². The van der Waals surface area contributed by atoms with E-state index < -0.39 is 14.8 Å². The van der Waals surface area contributed by atoms with Gasteiger partial charge < -0.3 is 0 Å². The van der Waals surface area contributed by atoms with Gasteiger partial charge in [-0.15, -0.1) is 0 Å². The van der Waals surface area contributed by atoms with Crippen LogP contribution in [0.15, 0.2) is 0 Å². The predicted octanol–water partition coefficient (Wildman–Crippen LogP) is -0.621. The largest absolute Gasteiger partial charge is 0 e. The van der Waals surface area contributed by atoms with Crippen LogP contribution in [0.3, 0.4) is 0 Å². The third kappa shape index (κ3) is 17.7. The molecule has 0 aromatic rings. The van der Waals surface area contributed by atoms with Crippen LogP contribution in [0, 0.1) is 0 Å². The summed E-state index contributed by atoms with van der Waals surface area (Å²) in [6.07, 6.45) is 0. The molecule has 0 rings (SSSR count). The molecule has 0 aliphatic heterocycles. The summed E-state index contributed by atoms with van der Waals surface area (Å²) in [7, 11) is 0. The molecule has 0 atom stereocenters. The second kappa shape index (κ2) is 9.46. The summed E-state index contributed by atoms with van der Waals surface area (Å²) in [5.74, 6) is 0. The van der Waals surface area contributed by atoms with Gasteiger partial charge in [0.15, 0.2) is 0 Å². The van der Waals surface area contributed by atoms with Crippen molar-refractivity contribution in [2.75, 3.05) is 0 Å². The molecule has 0 aromatic heterocycles. The summed E-state index contributed by atoms with van der Waals surface area (Å²) in [5.41, 5.74) is 0. The van der Waals surface area contributed by atoms with Gasteiger partial charge in [-0.05, 0) is 0 Å². The molecule has 0 aliphatic carbocycles. The predicted molar refractivity (Wildman–Crippen MR) is 7.13 cm³/mol. The maximum atomic E-state index is 8.44. The van der Waals surface area contributed by atoms with E-state index in [9.17, 15) is 0 Å². The summed E-state index contributed by atoms with van der Waals surface area (Å²) in [4.78, 5) is 0. The van der Waals surface area contributed by atoms with Crippen molar-refractivity contribution in [1.29, 1.82) is 0 Å². The quantitative estimate of drug-likeness (QED) is 0.454. The van der Waals surface area contributed by atoms with Crippen molar-refractivity contribution in [3.05, 3.63) is 0 Å². The van der Waals surface area contributed by atoms with E-state index in [0.717, 1.165) is 0 Å². The normalized spacial score (nSPS) is 3.00. The Morgan fingerprint density at radius 2 is 1.25 bits per heavy atom. The summed E-state index contributed by atoms with van der Waals surface area (Å²) in [6.45, 7) is 0. The zero-order chi connectivity index (χ0) is 2.71. The van der Waals surface area contributed by atoms with Crippen LogP contribution in [0.5, 0.6) is 0 Å². The van der Waals surface area contributed by atoms with Crippen molar-refractivity contribution in [3.8, 4) is 0 Å². The molecule has 0 aliphatic rings. The van der Waals surface area contributed by atoms with Gasteiger partial charge in [0.1, 0.15) is 0 Å². The number of hydrogen-bond acceptors (Lipinski definition) is 2. The number of rotatable bonds is 0. The molecule has 0 bridgehead atoms. The van der Waals surface area contributed by atoms with Crippen LogP contribution in [0.1, 0.15) is 0 Å². The molecule has 2 nitrogen and oxygen atoms in total. The van der Waals surface area contributed by atoms with E-state index in [1.807, 2.05) is 0 Å². The molecule has 0 fully saturated rings. The molecule has 1 radical (unpaired) electrons. The first kappa shape index (κ1) is 8.82. The molecule has 0 saturated carbocycles. The smallest absolute Gasteiger partial charge is 0 e. The van der Waals surface area contributed by atoms with Crippen LogP contribution in [0.2, 0.25) is 0 Å². The van der Waals surface area contributed by atoms with Gasteiger partial charge in [0.05, 0.1) is 0 Å². The molecule has 0 heterocycles. The summed E-state index contributed by atoms with van der Waals surface area (Å²) in [5, 5.41) is 0. The van der Waals surface area contributed by atoms with Gasteiger partial charge >= 0.3 is 22.5 Å². The van der Waals surface area contributed by atoms with Crippen molar-refractivity contribution in [3.63, 3.8) is 0 Å². The van der Waals surface area contributed by atoms with E-state index in [4.69, 9.17) is 7.67 Å². The topological polar surface area (TPSA) is 34.1 Å². The average molecular weight is 170 g/mol. The van der Waals surface area contributed by atoms with Gasteiger partial charge in [0, 0.05) is 16.8 Å². The first-order chi connectivity index (χ1) is 1.41. The Morgan fingerprint density at radius 3 is 1.25 bits per heavy atom. The summed E-state index contributed by atoms with van der Waals surface area (Å²) >= 11 is -1.62. The fourth-order valence-electron chi connectivity index (χ4n) is 0. The Hall–Kier alpha value is 0.626. The Balaban J connectivity index is 0. The third-order valence-corrected chi connectivity index (χ3v) is 0. The second-order valence-electron chi connectivity index (χ2n) is 0.0680. The van der Waals surface area contributed by atoms with Gasteiger partial charge in [-0.25, -0.2) is 0 Å². The standard InChI is InChI=1S/Co.O2Se/c;1-3-2. The maximum Gasteiger partial charge on any atom is 0 e. The van der Waals surface area contributed by atoms with Gasteiger partial charge in [0.25, 0.3) is 0 Å². The van der Waals surface area contributed by atoms with Gasteiger partial charge in [-0.3, -0.25) is 0 Å². The minimum Gasteiger partial charge on any atom is 0 e. The molecule has 0 spiro atoms. The van der Waals surface area contributed by atoms with Crippen LogP contribution in [0.25, 0.3) is 0 Å². The first-order valence-electron chi connectivity index (χ1n) is 0.333. The molecule has 27 valence electrons. The zero-order valence-electron chi connectivity index (χ0n) is 1.56. The van der Waals surface area contributed by atoms with Crippen molar-refractivity contribution in [2.45, 2.75) is 0 Å². The Labute approximate surface area is 39.7 Å². The molecule has 4 heavy (non-hydrogen) atoms.